The summed E-state index contributed by atoms with van der Waals surface area (Å²) in [7, 11) is 0. The number of piperidine rings is 1. The highest BCUT2D eigenvalue weighted by atomic mass is 16.2. The first-order valence-corrected chi connectivity index (χ1v) is 11.3. The quantitative estimate of drug-likeness (QED) is 0.616. The molecule has 2 N–H and O–H groups in total. The minimum Gasteiger partial charge on any atom is -0.352 e. The third-order valence-corrected chi connectivity index (χ3v) is 5.78. The number of likely N-dealkylation sites (tertiary alicyclic amines) is 1. The molecule has 2 aromatic carbocycles. The number of nitrogens with one attached hydrogen (secondary N) is 2. The highest BCUT2D eigenvalue weighted by Crippen LogP contribution is 2.22. The molecule has 1 fully saturated rings. The summed E-state index contributed by atoms with van der Waals surface area (Å²) >= 11 is 0. The molecule has 32 heavy (non-hydrogen) atoms. The number of amides is 2. The molecule has 2 amide bonds. The van der Waals surface area contributed by atoms with Crippen molar-refractivity contribution in [3.63, 3.8) is 0 Å². The number of aryl methyl sites for hydroxylation is 1. The Morgan fingerprint density at radius 3 is 2.31 bits per heavy atom. The Morgan fingerprint density at radius 2 is 1.66 bits per heavy atom. The summed E-state index contributed by atoms with van der Waals surface area (Å²) in [6.07, 6.45) is 1.49. The lowest BCUT2D eigenvalue weighted by Crippen LogP contribution is -2.41. The summed E-state index contributed by atoms with van der Waals surface area (Å²) < 4.78 is 0. The molecular weight excluding hydrogens is 402 g/mol. The van der Waals surface area contributed by atoms with Gasteiger partial charge in [-0.25, -0.2) is 0 Å². The van der Waals surface area contributed by atoms with Gasteiger partial charge in [0.2, 0.25) is 5.91 Å². The van der Waals surface area contributed by atoms with Crippen molar-refractivity contribution in [2.45, 2.75) is 33.6 Å². The van der Waals surface area contributed by atoms with Crippen LogP contribution in [0.5, 0.6) is 0 Å². The number of rotatable bonds is 8. The number of carbonyl (C=O) groups excluding carboxylic acids is 3. The summed E-state index contributed by atoms with van der Waals surface area (Å²) in [6, 6.07) is 14.8. The molecule has 3 rings (SSSR count). The van der Waals surface area contributed by atoms with Crippen molar-refractivity contribution in [3.8, 4) is 0 Å². The Balaban J connectivity index is 1.51. The summed E-state index contributed by atoms with van der Waals surface area (Å²) in [6.45, 7) is 8.30. The Hall–Kier alpha value is -2.99. The zero-order valence-corrected chi connectivity index (χ0v) is 19.2. The molecule has 0 atom stereocenters. The maximum atomic E-state index is 12.7. The van der Waals surface area contributed by atoms with Gasteiger partial charge in [0.05, 0.1) is 17.8 Å². The van der Waals surface area contributed by atoms with E-state index in [4.69, 9.17) is 0 Å². The van der Waals surface area contributed by atoms with Crippen LogP contribution in [0.1, 0.15) is 53.0 Å². The lowest BCUT2D eigenvalue weighted by molar-refractivity contribution is -0.117. The van der Waals surface area contributed by atoms with Crippen LogP contribution in [-0.4, -0.2) is 48.7 Å². The molecule has 6 heteroatoms. The molecular formula is C26H33N3O3. The number of anilines is 1. The average molecular weight is 436 g/mol. The van der Waals surface area contributed by atoms with E-state index in [2.05, 4.69) is 15.5 Å². The van der Waals surface area contributed by atoms with E-state index in [0.29, 0.717) is 36.8 Å². The Kier molecular flexibility index (Phi) is 8.17. The fraction of sp³-hybridized carbons (Fsp3) is 0.423. The number of hydrogen-bond acceptors (Lipinski definition) is 4. The average Bonchev–Trinajstić information content (AvgIpc) is 2.78. The maximum absolute atomic E-state index is 12.7. The topological polar surface area (TPSA) is 78.5 Å². The van der Waals surface area contributed by atoms with Crippen LogP contribution >= 0.6 is 0 Å². The van der Waals surface area contributed by atoms with E-state index in [-0.39, 0.29) is 30.1 Å². The predicted molar refractivity (Wildman–Crippen MR) is 127 cm³/mol. The lowest BCUT2D eigenvalue weighted by Gasteiger charge is -2.30. The van der Waals surface area contributed by atoms with E-state index in [1.165, 1.54) is 0 Å². The molecule has 0 spiro atoms. The SMILES string of the molecule is Cc1ccc(C(=O)C2CCN(CC(=O)Nc3ccccc3C(=O)NCC(C)C)CC2)cc1. The van der Waals surface area contributed by atoms with Gasteiger partial charge in [0, 0.05) is 18.0 Å². The van der Waals surface area contributed by atoms with Gasteiger partial charge in [0.25, 0.3) is 5.91 Å². The third kappa shape index (κ3) is 6.50. The first-order valence-electron chi connectivity index (χ1n) is 11.3. The molecule has 0 bridgehead atoms. The molecule has 0 unspecified atom stereocenters. The Bertz CT molecular complexity index is 945. The smallest absolute Gasteiger partial charge is 0.253 e. The van der Waals surface area contributed by atoms with E-state index in [1.807, 2.05) is 45.0 Å². The number of nitrogens with zero attached hydrogens (tertiary/aromatic N) is 1. The normalized spacial score (nSPS) is 14.9. The molecule has 0 saturated carbocycles. The van der Waals surface area contributed by atoms with Crippen molar-refractivity contribution < 1.29 is 14.4 Å². The molecule has 1 aliphatic heterocycles. The lowest BCUT2D eigenvalue weighted by atomic mass is 9.88. The van der Waals surface area contributed by atoms with Gasteiger partial charge in [0.1, 0.15) is 0 Å². The summed E-state index contributed by atoms with van der Waals surface area (Å²) in [4.78, 5) is 39.9. The minimum absolute atomic E-state index is 0.00222. The second-order valence-corrected chi connectivity index (χ2v) is 8.98. The van der Waals surface area contributed by atoms with Crippen LogP contribution in [0.3, 0.4) is 0 Å². The number of ketones is 1. The van der Waals surface area contributed by atoms with Crippen molar-refractivity contribution in [2.75, 3.05) is 31.5 Å². The summed E-state index contributed by atoms with van der Waals surface area (Å²) in [5.41, 5.74) is 2.88. The highest BCUT2D eigenvalue weighted by Gasteiger charge is 2.26. The molecule has 0 radical (unpaired) electrons. The molecule has 6 nitrogen and oxygen atoms in total. The second-order valence-electron chi connectivity index (χ2n) is 8.98. The van der Waals surface area contributed by atoms with E-state index < -0.39 is 0 Å². The molecule has 0 aliphatic carbocycles. The van der Waals surface area contributed by atoms with Gasteiger partial charge in [-0.1, -0.05) is 55.8 Å². The van der Waals surface area contributed by atoms with Crippen LogP contribution in [0.2, 0.25) is 0 Å². The summed E-state index contributed by atoms with van der Waals surface area (Å²) in [5, 5.41) is 5.78. The number of carbonyl (C=O) groups is 3. The Morgan fingerprint density at radius 1 is 1.00 bits per heavy atom. The minimum atomic E-state index is -0.190. The number of Topliss-reactive ketones (excluding diaryl/α,β-unsaturated/α-hetero) is 1. The standard InChI is InChI=1S/C26H33N3O3/c1-18(2)16-27-26(32)22-6-4-5-7-23(22)28-24(30)17-29-14-12-21(13-15-29)25(31)20-10-8-19(3)9-11-20/h4-11,18,21H,12-17H2,1-3H3,(H,27,32)(H,28,30). The zero-order valence-electron chi connectivity index (χ0n) is 19.2. The molecule has 1 aliphatic rings. The van der Waals surface area contributed by atoms with Gasteiger partial charge < -0.3 is 10.6 Å². The largest absolute Gasteiger partial charge is 0.352 e. The van der Waals surface area contributed by atoms with E-state index in [9.17, 15) is 14.4 Å². The fourth-order valence-electron chi connectivity index (χ4n) is 3.88. The maximum Gasteiger partial charge on any atom is 0.253 e. The van der Waals surface area contributed by atoms with E-state index in [1.54, 1.807) is 24.3 Å². The molecule has 0 aromatic heterocycles. The molecule has 1 saturated heterocycles. The first-order chi connectivity index (χ1) is 15.3. The molecule has 170 valence electrons. The van der Waals surface area contributed by atoms with Gasteiger partial charge >= 0.3 is 0 Å². The van der Waals surface area contributed by atoms with E-state index in [0.717, 1.165) is 24.0 Å². The summed E-state index contributed by atoms with van der Waals surface area (Å²) in [5.74, 6) is 0.196. The van der Waals surface area contributed by atoms with Crippen LogP contribution in [0.4, 0.5) is 5.69 Å². The van der Waals surface area contributed by atoms with Crippen LogP contribution in [-0.2, 0) is 4.79 Å². The third-order valence-electron chi connectivity index (χ3n) is 5.78. The van der Waals surface area contributed by atoms with Crippen LogP contribution in [0.15, 0.2) is 48.5 Å². The van der Waals surface area contributed by atoms with Gasteiger partial charge in [-0.15, -0.1) is 0 Å². The van der Waals surface area contributed by atoms with Gasteiger partial charge in [-0.2, -0.15) is 0 Å². The highest BCUT2D eigenvalue weighted by molar-refractivity contribution is 6.04. The zero-order chi connectivity index (χ0) is 23.1. The van der Waals surface area contributed by atoms with Crippen LogP contribution in [0.25, 0.3) is 0 Å². The first kappa shape index (κ1) is 23.7. The van der Waals surface area contributed by atoms with Crippen LogP contribution < -0.4 is 10.6 Å². The van der Waals surface area contributed by atoms with Crippen molar-refractivity contribution in [2.24, 2.45) is 11.8 Å². The van der Waals surface area contributed by atoms with Crippen LogP contribution in [0, 0.1) is 18.8 Å². The van der Waals surface area contributed by atoms with Crippen molar-refractivity contribution in [3.05, 3.63) is 65.2 Å². The van der Waals surface area contributed by atoms with Crippen molar-refractivity contribution in [1.29, 1.82) is 0 Å². The molecule has 1 heterocycles. The molecule has 2 aromatic rings. The van der Waals surface area contributed by atoms with Gasteiger partial charge in [0.15, 0.2) is 5.78 Å². The van der Waals surface area contributed by atoms with Gasteiger partial charge in [-0.3, -0.25) is 19.3 Å². The van der Waals surface area contributed by atoms with Crippen molar-refractivity contribution in [1.82, 2.24) is 10.2 Å². The Labute approximate surface area is 190 Å². The number of hydrogen-bond donors (Lipinski definition) is 2. The number of benzene rings is 2. The van der Waals surface area contributed by atoms with Gasteiger partial charge in [-0.05, 0) is 50.9 Å². The monoisotopic (exact) mass is 435 g/mol. The predicted octanol–water partition coefficient (Wildman–Crippen LogP) is 3.91. The fourth-order valence-corrected chi connectivity index (χ4v) is 3.88. The van der Waals surface area contributed by atoms with Crippen molar-refractivity contribution >= 4 is 23.3 Å². The van der Waals surface area contributed by atoms with E-state index >= 15 is 0 Å². The second kappa shape index (κ2) is 11.0. The number of para-hydroxylation sites is 1.